The summed E-state index contributed by atoms with van der Waals surface area (Å²) in [6.45, 7) is 0.413. The molecule has 1 aliphatic heterocycles. The van der Waals surface area contributed by atoms with E-state index in [2.05, 4.69) is 4.72 Å². The Morgan fingerprint density at radius 3 is 2.56 bits per heavy atom. The zero-order valence-electron chi connectivity index (χ0n) is 13.2. The number of nitrogens with zero attached hydrogens (tertiary/aromatic N) is 1. The molecule has 132 valence electrons. The maximum Gasteiger partial charge on any atom is 0.245 e. The number of nitrogens with one attached hydrogen (secondary N) is 1. The summed E-state index contributed by atoms with van der Waals surface area (Å²) >= 11 is 5.88. The molecular formula is C17H16ClFN2O3S. The summed E-state index contributed by atoms with van der Waals surface area (Å²) in [6.07, 6.45) is 0.345. The molecule has 0 saturated carbocycles. The Kier molecular flexibility index (Phi) is 5.08. The lowest BCUT2D eigenvalue weighted by Gasteiger charge is -2.17. The number of benzene rings is 2. The summed E-state index contributed by atoms with van der Waals surface area (Å²) in [5.74, 6) is -1.64. The first kappa shape index (κ1) is 17.8. The van der Waals surface area contributed by atoms with E-state index in [0.717, 1.165) is 6.07 Å². The minimum Gasteiger partial charge on any atom is -0.311 e. The summed E-state index contributed by atoms with van der Waals surface area (Å²) in [5, 5.41) is 0.0361. The van der Waals surface area contributed by atoms with E-state index in [1.54, 1.807) is 24.3 Å². The zero-order chi connectivity index (χ0) is 18.0. The van der Waals surface area contributed by atoms with Crippen LogP contribution in [-0.2, 0) is 20.6 Å². The molecule has 0 aliphatic carbocycles. The van der Waals surface area contributed by atoms with Crippen LogP contribution < -0.4 is 9.62 Å². The van der Waals surface area contributed by atoms with E-state index in [1.165, 1.54) is 17.0 Å². The Hall–Kier alpha value is -1.96. The highest BCUT2D eigenvalue weighted by Crippen LogP contribution is 2.24. The number of carbonyl (C=O) groups is 1. The second-order valence-corrected chi connectivity index (χ2v) is 7.90. The average molecular weight is 383 g/mol. The minimum absolute atomic E-state index is 0.0361. The number of anilines is 1. The van der Waals surface area contributed by atoms with E-state index < -0.39 is 27.6 Å². The second-order valence-electron chi connectivity index (χ2n) is 5.74. The van der Waals surface area contributed by atoms with Gasteiger partial charge in [0.25, 0.3) is 0 Å². The molecule has 1 amide bonds. The van der Waals surface area contributed by atoms with Crippen molar-refractivity contribution in [1.29, 1.82) is 0 Å². The van der Waals surface area contributed by atoms with E-state index >= 15 is 0 Å². The fourth-order valence-electron chi connectivity index (χ4n) is 2.77. The third-order valence-corrected chi connectivity index (χ3v) is 5.66. The van der Waals surface area contributed by atoms with Gasteiger partial charge in [-0.3, -0.25) is 4.79 Å². The van der Waals surface area contributed by atoms with Gasteiger partial charge < -0.3 is 4.90 Å². The topological polar surface area (TPSA) is 66.5 Å². The van der Waals surface area contributed by atoms with Gasteiger partial charge in [0, 0.05) is 22.8 Å². The van der Waals surface area contributed by atoms with Crippen LogP contribution in [0.5, 0.6) is 0 Å². The highest BCUT2D eigenvalue weighted by molar-refractivity contribution is 7.88. The summed E-state index contributed by atoms with van der Waals surface area (Å²) < 4.78 is 40.8. The van der Waals surface area contributed by atoms with Crippen molar-refractivity contribution >= 4 is 33.2 Å². The lowest BCUT2D eigenvalue weighted by molar-refractivity contribution is -0.118. The van der Waals surface area contributed by atoms with Crippen LogP contribution >= 0.6 is 11.6 Å². The van der Waals surface area contributed by atoms with Gasteiger partial charge in [-0.05, 0) is 30.7 Å². The lowest BCUT2D eigenvalue weighted by atomic mass is 10.2. The van der Waals surface area contributed by atoms with Crippen LogP contribution in [0.1, 0.15) is 12.0 Å². The Labute approximate surface area is 150 Å². The smallest absolute Gasteiger partial charge is 0.245 e. The van der Waals surface area contributed by atoms with Crippen LogP contribution in [0.15, 0.2) is 48.5 Å². The van der Waals surface area contributed by atoms with Crippen molar-refractivity contribution in [2.75, 3.05) is 11.4 Å². The van der Waals surface area contributed by atoms with Crippen molar-refractivity contribution in [3.63, 3.8) is 0 Å². The standard InChI is InChI=1S/C17H16ClFN2O3S/c18-14-7-4-8-15(19)13(14)11-25(23,24)20-16-9-10-21(17(16)22)12-5-2-1-3-6-12/h1-8,16,20H,9-11H2. The van der Waals surface area contributed by atoms with E-state index in [0.29, 0.717) is 18.7 Å². The van der Waals surface area contributed by atoms with Crippen molar-refractivity contribution in [3.8, 4) is 0 Å². The molecule has 3 rings (SSSR count). The molecule has 1 atom stereocenters. The van der Waals surface area contributed by atoms with E-state index in [9.17, 15) is 17.6 Å². The van der Waals surface area contributed by atoms with Crippen molar-refractivity contribution < 1.29 is 17.6 Å². The van der Waals surface area contributed by atoms with Gasteiger partial charge in [-0.15, -0.1) is 0 Å². The first-order valence-electron chi connectivity index (χ1n) is 7.67. The molecule has 1 N–H and O–H groups in total. The van der Waals surface area contributed by atoms with Gasteiger partial charge in [-0.2, -0.15) is 0 Å². The predicted octanol–water partition coefficient (Wildman–Crippen LogP) is 2.70. The number of sulfonamides is 1. The maximum atomic E-state index is 13.8. The number of hydrogen-bond donors (Lipinski definition) is 1. The quantitative estimate of drug-likeness (QED) is 0.864. The Bertz CT molecular complexity index is 870. The summed E-state index contributed by atoms with van der Waals surface area (Å²) in [5.41, 5.74) is 0.605. The molecule has 1 unspecified atom stereocenters. The molecule has 1 fully saturated rings. The largest absolute Gasteiger partial charge is 0.311 e. The second kappa shape index (κ2) is 7.11. The normalized spacial score (nSPS) is 17.9. The van der Waals surface area contributed by atoms with Gasteiger partial charge in [0.05, 0.1) is 5.75 Å². The van der Waals surface area contributed by atoms with E-state index in [1.807, 2.05) is 6.07 Å². The highest BCUT2D eigenvalue weighted by Gasteiger charge is 2.35. The first-order valence-corrected chi connectivity index (χ1v) is 9.70. The summed E-state index contributed by atoms with van der Waals surface area (Å²) in [4.78, 5) is 14.0. The van der Waals surface area contributed by atoms with Gasteiger partial charge in [-0.1, -0.05) is 35.9 Å². The zero-order valence-corrected chi connectivity index (χ0v) is 14.7. The third-order valence-electron chi connectivity index (χ3n) is 3.99. The Balaban J connectivity index is 1.73. The molecule has 1 heterocycles. The number of halogens is 2. The van der Waals surface area contributed by atoms with E-state index in [-0.39, 0.29) is 16.5 Å². The molecule has 1 aliphatic rings. The number of amides is 1. The van der Waals surface area contributed by atoms with Crippen LogP contribution in [0, 0.1) is 5.82 Å². The highest BCUT2D eigenvalue weighted by atomic mass is 35.5. The minimum atomic E-state index is -3.92. The maximum absolute atomic E-state index is 13.8. The Morgan fingerprint density at radius 2 is 1.88 bits per heavy atom. The van der Waals surface area contributed by atoms with Crippen LogP contribution in [0.4, 0.5) is 10.1 Å². The predicted molar refractivity (Wildman–Crippen MR) is 94.4 cm³/mol. The molecule has 5 nitrogen and oxygen atoms in total. The van der Waals surface area contributed by atoms with Crippen LogP contribution in [0.2, 0.25) is 5.02 Å². The monoisotopic (exact) mass is 382 g/mol. The number of rotatable bonds is 5. The number of carbonyl (C=O) groups excluding carboxylic acids is 1. The van der Waals surface area contributed by atoms with Crippen molar-refractivity contribution in [1.82, 2.24) is 4.72 Å². The fraction of sp³-hybridized carbons (Fsp3) is 0.235. The third kappa shape index (κ3) is 4.00. The van der Waals surface area contributed by atoms with Crippen LogP contribution in [0.25, 0.3) is 0 Å². The fourth-order valence-corrected chi connectivity index (χ4v) is 4.49. The van der Waals surface area contributed by atoms with Crippen molar-refractivity contribution in [2.24, 2.45) is 0 Å². The van der Waals surface area contributed by atoms with Gasteiger partial charge in [0.1, 0.15) is 11.9 Å². The van der Waals surface area contributed by atoms with Gasteiger partial charge >= 0.3 is 0 Å². The van der Waals surface area contributed by atoms with Crippen LogP contribution in [-0.4, -0.2) is 26.9 Å². The van der Waals surface area contributed by atoms with Crippen molar-refractivity contribution in [3.05, 3.63) is 64.9 Å². The molecule has 0 spiro atoms. The molecule has 0 aromatic heterocycles. The van der Waals surface area contributed by atoms with Gasteiger partial charge in [-0.25, -0.2) is 17.5 Å². The summed E-state index contributed by atoms with van der Waals surface area (Å²) in [7, 11) is -3.92. The van der Waals surface area contributed by atoms with E-state index in [4.69, 9.17) is 11.6 Å². The number of para-hydroxylation sites is 1. The van der Waals surface area contributed by atoms with Gasteiger partial charge in [0.15, 0.2) is 0 Å². The Morgan fingerprint density at radius 1 is 1.16 bits per heavy atom. The van der Waals surface area contributed by atoms with Gasteiger partial charge in [0.2, 0.25) is 15.9 Å². The molecule has 0 bridgehead atoms. The molecule has 0 radical (unpaired) electrons. The lowest BCUT2D eigenvalue weighted by Crippen LogP contribution is -2.42. The van der Waals surface area contributed by atoms with Crippen LogP contribution in [0.3, 0.4) is 0 Å². The first-order chi connectivity index (χ1) is 11.9. The molecule has 2 aromatic rings. The molecular weight excluding hydrogens is 367 g/mol. The van der Waals surface area contributed by atoms with Crippen molar-refractivity contribution in [2.45, 2.75) is 18.2 Å². The molecule has 2 aromatic carbocycles. The number of hydrogen-bond acceptors (Lipinski definition) is 3. The summed E-state index contributed by atoms with van der Waals surface area (Å²) in [6, 6.07) is 12.1. The molecule has 8 heteroatoms. The average Bonchev–Trinajstić information content (AvgIpc) is 2.92. The molecule has 25 heavy (non-hydrogen) atoms. The molecule has 1 saturated heterocycles. The SMILES string of the molecule is O=C1C(NS(=O)(=O)Cc2c(F)cccc2Cl)CCN1c1ccccc1.